The Bertz CT molecular complexity index is 565. The lowest BCUT2D eigenvalue weighted by Crippen LogP contribution is -2.21. The van der Waals surface area contributed by atoms with E-state index in [0.29, 0.717) is 12.2 Å². The summed E-state index contributed by atoms with van der Waals surface area (Å²) in [6.45, 7) is 5.03. The summed E-state index contributed by atoms with van der Waals surface area (Å²) in [6, 6.07) is 8.88. The van der Waals surface area contributed by atoms with Crippen LogP contribution in [0.4, 0.5) is 4.39 Å². The summed E-state index contributed by atoms with van der Waals surface area (Å²) in [5.41, 5.74) is 1.62. The molecule has 0 spiro atoms. The van der Waals surface area contributed by atoms with Crippen LogP contribution in [-0.4, -0.2) is 13.7 Å². The molecular weight excluding hydrogens is 257 g/mol. The number of aryl methyl sites for hydroxylation is 1. The maximum atomic E-state index is 13.4. The largest absolute Gasteiger partial charge is 0.462 e. The number of hydrogen-bond donors (Lipinski definition) is 1. The molecule has 0 fully saturated rings. The van der Waals surface area contributed by atoms with Crippen molar-refractivity contribution >= 4 is 0 Å². The van der Waals surface area contributed by atoms with Crippen molar-refractivity contribution in [2.45, 2.75) is 26.5 Å². The maximum absolute atomic E-state index is 13.4. The van der Waals surface area contributed by atoms with Gasteiger partial charge in [0.1, 0.15) is 23.9 Å². The van der Waals surface area contributed by atoms with Crippen LogP contribution in [0.1, 0.15) is 35.6 Å². The van der Waals surface area contributed by atoms with Gasteiger partial charge >= 0.3 is 0 Å². The molecule has 1 aromatic heterocycles. The minimum absolute atomic E-state index is 0.0788. The molecule has 0 radical (unpaired) electrons. The summed E-state index contributed by atoms with van der Waals surface area (Å²) in [5, 5.41) is 3.36. The monoisotopic (exact) mass is 277 g/mol. The lowest BCUT2D eigenvalue weighted by atomic mass is 10.0. The molecule has 0 saturated heterocycles. The van der Waals surface area contributed by atoms with E-state index in [1.807, 2.05) is 25.1 Å². The third-order valence-electron chi connectivity index (χ3n) is 3.18. The Hall–Kier alpha value is -1.65. The molecule has 0 bridgehead atoms. The second-order valence-electron chi connectivity index (χ2n) is 4.74. The minimum atomic E-state index is -0.191. The molecular formula is C16H20FNO2. The van der Waals surface area contributed by atoms with Crippen molar-refractivity contribution in [2.75, 3.05) is 13.7 Å². The highest BCUT2D eigenvalue weighted by Crippen LogP contribution is 2.25. The lowest BCUT2D eigenvalue weighted by Gasteiger charge is -2.17. The highest BCUT2D eigenvalue weighted by Gasteiger charge is 2.17. The average Bonchev–Trinajstić information content (AvgIpc) is 2.88. The molecule has 0 aliphatic rings. The Morgan fingerprint density at radius 2 is 2.10 bits per heavy atom. The normalized spacial score (nSPS) is 12.6. The zero-order valence-corrected chi connectivity index (χ0v) is 12.1. The molecule has 108 valence electrons. The zero-order chi connectivity index (χ0) is 14.5. The zero-order valence-electron chi connectivity index (χ0n) is 12.1. The van der Waals surface area contributed by atoms with Crippen LogP contribution >= 0.6 is 0 Å². The summed E-state index contributed by atoms with van der Waals surface area (Å²) in [5.74, 6) is 1.40. The molecule has 20 heavy (non-hydrogen) atoms. The standard InChI is InChI=1S/C16H20FNO2/c1-4-18-16(12-5-7-14(17)11(2)9-12)15-8-6-13(20-15)10-19-3/h5-9,16,18H,4,10H2,1-3H3. The van der Waals surface area contributed by atoms with Gasteiger partial charge in [0.25, 0.3) is 0 Å². The minimum Gasteiger partial charge on any atom is -0.462 e. The van der Waals surface area contributed by atoms with Gasteiger partial charge in [0.15, 0.2) is 0 Å². The third-order valence-corrected chi connectivity index (χ3v) is 3.18. The average molecular weight is 277 g/mol. The van der Waals surface area contributed by atoms with E-state index in [2.05, 4.69) is 5.32 Å². The number of ether oxygens (including phenoxy) is 1. The van der Waals surface area contributed by atoms with Crippen molar-refractivity contribution in [3.05, 3.63) is 58.8 Å². The van der Waals surface area contributed by atoms with Crippen molar-refractivity contribution in [1.82, 2.24) is 5.32 Å². The smallest absolute Gasteiger partial charge is 0.129 e. The highest BCUT2D eigenvalue weighted by molar-refractivity contribution is 5.31. The van der Waals surface area contributed by atoms with Crippen LogP contribution in [0.2, 0.25) is 0 Å². The van der Waals surface area contributed by atoms with Crippen molar-refractivity contribution in [2.24, 2.45) is 0 Å². The van der Waals surface area contributed by atoms with Gasteiger partial charge in [-0.05, 0) is 42.8 Å². The fraction of sp³-hybridized carbons (Fsp3) is 0.375. The van der Waals surface area contributed by atoms with Gasteiger partial charge in [-0.2, -0.15) is 0 Å². The SMILES string of the molecule is CCNC(c1ccc(F)c(C)c1)c1ccc(COC)o1. The molecule has 0 aliphatic carbocycles. The first kappa shape index (κ1) is 14.8. The molecule has 3 nitrogen and oxygen atoms in total. The van der Waals surface area contributed by atoms with Crippen molar-refractivity contribution < 1.29 is 13.5 Å². The van der Waals surface area contributed by atoms with Gasteiger partial charge in [-0.25, -0.2) is 4.39 Å². The van der Waals surface area contributed by atoms with E-state index in [1.165, 1.54) is 6.07 Å². The van der Waals surface area contributed by atoms with Crippen molar-refractivity contribution in [3.8, 4) is 0 Å². The van der Waals surface area contributed by atoms with Gasteiger partial charge in [0.05, 0.1) is 6.04 Å². The van der Waals surface area contributed by atoms with E-state index in [1.54, 1.807) is 20.1 Å². The van der Waals surface area contributed by atoms with Gasteiger partial charge in [0, 0.05) is 7.11 Å². The molecule has 4 heteroatoms. The summed E-state index contributed by atoms with van der Waals surface area (Å²) in [6.07, 6.45) is 0. The Morgan fingerprint density at radius 1 is 1.30 bits per heavy atom. The van der Waals surface area contributed by atoms with Gasteiger partial charge < -0.3 is 14.5 Å². The molecule has 1 unspecified atom stereocenters. The summed E-state index contributed by atoms with van der Waals surface area (Å²) in [4.78, 5) is 0. The number of hydrogen-bond acceptors (Lipinski definition) is 3. The Balaban J connectivity index is 2.31. The number of methoxy groups -OCH3 is 1. The van der Waals surface area contributed by atoms with Crippen LogP contribution < -0.4 is 5.32 Å². The summed E-state index contributed by atoms with van der Waals surface area (Å²) >= 11 is 0. The molecule has 0 amide bonds. The molecule has 1 N–H and O–H groups in total. The summed E-state index contributed by atoms with van der Waals surface area (Å²) in [7, 11) is 1.63. The quantitative estimate of drug-likeness (QED) is 0.876. The number of halogens is 1. The maximum Gasteiger partial charge on any atom is 0.129 e. The molecule has 1 heterocycles. The van der Waals surface area contributed by atoms with Crippen molar-refractivity contribution in [1.29, 1.82) is 0 Å². The third kappa shape index (κ3) is 3.26. The number of benzene rings is 1. The van der Waals surface area contributed by atoms with E-state index >= 15 is 0 Å². The van der Waals surface area contributed by atoms with Crippen LogP contribution in [-0.2, 0) is 11.3 Å². The first-order valence-corrected chi connectivity index (χ1v) is 6.72. The fourth-order valence-electron chi connectivity index (χ4n) is 2.20. The lowest BCUT2D eigenvalue weighted by molar-refractivity contribution is 0.162. The predicted molar refractivity (Wildman–Crippen MR) is 76.1 cm³/mol. The topological polar surface area (TPSA) is 34.4 Å². The second-order valence-corrected chi connectivity index (χ2v) is 4.74. The molecule has 1 aromatic carbocycles. The number of nitrogens with one attached hydrogen (secondary N) is 1. The Morgan fingerprint density at radius 3 is 2.75 bits per heavy atom. The fourth-order valence-corrected chi connectivity index (χ4v) is 2.20. The van der Waals surface area contributed by atoms with Crippen LogP contribution in [0.3, 0.4) is 0 Å². The van der Waals surface area contributed by atoms with Gasteiger partial charge in [0.2, 0.25) is 0 Å². The first-order chi connectivity index (χ1) is 9.65. The Labute approximate surface area is 118 Å². The van der Waals surface area contributed by atoms with E-state index in [-0.39, 0.29) is 11.9 Å². The second kappa shape index (κ2) is 6.68. The molecule has 0 aliphatic heterocycles. The van der Waals surface area contributed by atoms with Gasteiger partial charge in [-0.3, -0.25) is 0 Å². The van der Waals surface area contributed by atoms with E-state index < -0.39 is 0 Å². The van der Waals surface area contributed by atoms with Gasteiger partial charge in [-0.1, -0.05) is 19.1 Å². The molecule has 1 atom stereocenters. The van der Waals surface area contributed by atoms with Crippen LogP contribution in [0.15, 0.2) is 34.7 Å². The molecule has 0 saturated carbocycles. The predicted octanol–water partition coefficient (Wildman–Crippen LogP) is 3.57. The van der Waals surface area contributed by atoms with E-state index in [9.17, 15) is 4.39 Å². The van der Waals surface area contributed by atoms with Gasteiger partial charge in [-0.15, -0.1) is 0 Å². The van der Waals surface area contributed by atoms with Crippen LogP contribution in [0.5, 0.6) is 0 Å². The molecule has 2 aromatic rings. The van der Waals surface area contributed by atoms with E-state index in [0.717, 1.165) is 23.6 Å². The van der Waals surface area contributed by atoms with Crippen molar-refractivity contribution in [3.63, 3.8) is 0 Å². The first-order valence-electron chi connectivity index (χ1n) is 6.72. The Kier molecular flexibility index (Phi) is 4.93. The van der Waals surface area contributed by atoms with E-state index in [4.69, 9.17) is 9.15 Å². The highest BCUT2D eigenvalue weighted by atomic mass is 19.1. The number of furan rings is 1. The molecule has 2 rings (SSSR count). The van der Waals surface area contributed by atoms with Crippen LogP contribution in [0, 0.1) is 12.7 Å². The van der Waals surface area contributed by atoms with Crippen LogP contribution in [0.25, 0.3) is 0 Å². The number of rotatable bonds is 6. The summed E-state index contributed by atoms with van der Waals surface area (Å²) < 4.78 is 24.2.